The molecule has 7 nitrogen and oxygen atoms in total. The number of aromatic nitrogens is 1. The van der Waals surface area contributed by atoms with Crippen LogP contribution < -0.4 is 16.5 Å². The third-order valence-corrected chi connectivity index (χ3v) is 3.85. The zero-order valence-electron chi connectivity index (χ0n) is 13.7. The number of pyridine rings is 1. The predicted molar refractivity (Wildman–Crippen MR) is 91.4 cm³/mol. The van der Waals surface area contributed by atoms with Gasteiger partial charge in [0.15, 0.2) is 0 Å². The van der Waals surface area contributed by atoms with E-state index in [1.54, 1.807) is 12.1 Å². The first-order valence-electron chi connectivity index (χ1n) is 7.77. The summed E-state index contributed by atoms with van der Waals surface area (Å²) in [5, 5.41) is 1.26. The Kier molecular flexibility index (Phi) is 4.99. The van der Waals surface area contributed by atoms with Gasteiger partial charge in [-0.25, -0.2) is 19.4 Å². The lowest BCUT2D eigenvalue weighted by molar-refractivity contribution is 0.122. The fraction of sp³-hybridized carbons (Fsp3) is 0.176. The molecular formula is C17H17F2N5O2. The Labute approximate surface area is 148 Å². The highest BCUT2D eigenvalue weighted by Gasteiger charge is 2.34. The van der Waals surface area contributed by atoms with Crippen molar-refractivity contribution in [2.75, 3.05) is 18.0 Å². The van der Waals surface area contributed by atoms with E-state index in [0.29, 0.717) is 5.56 Å². The number of carbonyl (C=O) groups is 1. The number of nitrogens with zero attached hydrogens (tertiary/aromatic N) is 3. The first-order chi connectivity index (χ1) is 12.5. The summed E-state index contributed by atoms with van der Waals surface area (Å²) in [6.07, 6.45) is 4.27. The lowest BCUT2D eigenvalue weighted by Gasteiger charge is -2.17. The number of ether oxygens (including phenoxy) is 1. The number of hydrazine groups is 1. The van der Waals surface area contributed by atoms with Crippen molar-refractivity contribution in [2.45, 2.75) is 6.10 Å². The molecule has 4 N–H and O–H groups in total. The molecule has 1 atom stereocenters. The zero-order chi connectivity index (χ0) is 18.7. The van der Waals surface area contributed by atoms with E-state index in [1.165, 1.54) is 29.8 Å². The van der Waals surface area contributed by atoms with Gasteiger partial charge in [0.05, 0.1) is 24.3 Å². The molecule has 3 rings (SSSR count). The molecule has 136 valence electrons. The van der Waals surface area contributed by atoms with Gasteiger partial charge in [0.2, 0.25) is 0 Å². The predicted octanol–water partition coefficient (Wildman–Crippen LogP) is 1.96. The van der Waals surface area contributed by atoms with Gasteiger partial charge in [-0.1, -0.05) is 6.07 Å². The first kappa shape index (κ1) is 17.6. The molecule has 1 unspecified atom stereocenters. The van der Waals surface area contributed by atoms with Crippen LogP contribution in [0.25, 0.3) is 11.1 Å². The number of anilines is 1. The quantitative estimate of drug-likeness (QED) is 0.624. The van der Waals surface area contributed by atoms with Crippen molar-refractivity contribution in [3.05, 3.63) is 60.7 Å². The van der Waals surface area contributed by atoms with Gasteiger partial charge >= 0.3 is 6.09 Å². The zero-order valence-corrected chi connectivity index (χ0v) is 13.7. The second kappa shape index (κ2) is 7.36. The van der Waals surface area contributed by atoms with E-state index in [4.69, 9.17) is 16.3 Å². The van der Waals surface area contributed by atoms with Gasteiger partial charge < -0.3 is 15.5 Å². The summed E-state index contributed by atoms with van der Waals surface area (Å²) in [5.41, 5.74) is 5.41. The van der Waals surface area contributed by atoms with Gasteiger partial charge in [0.25, 0.3) is 0 Å². The number of cyclic esters (lactones) is 1. The van der Waals surface area contributed by atoms with Crippen LogP contribution in [0, 0.1) is 11.6 Å². The second-order valence-corrected chi connectivity index (χ2v) is 5.68. The topological polar surface area (TPSA) is 97.7 Å². The summed E-state index contributed by atoms with van der Waals surface area (Å²) < 4.78 is 34.1. The molecule has 0 radical (unpaired) electrons. The molecule has 9 heteroatoms. The molecular weight excluding hydrogens is 344 g/mol. The van der Waals surface area contributed by atoms with Crippen LogP contribution in [0.1, 0.15) is 0 Å². The van der Waals surface area contributed by atoms with E-state index in [1.807, 2.05) is 0 Å². The summed E-state index contributed by atoms with van der Waals surface area (Å²) in [7, 11) is 0. The molecule has 1 aliphatic rings. The minimum atomic E-state index is -0.796. The summed E-state index contributed by atoms with van der Waals surface area (Å²) in [6.45, 7) is 0.296. The summed E-state index contributed by atoms with van der Waals surface area (Å²) >= 11 is 0. The minimum Gasteiger partial charge on any atom is -0.442 e. The number of carbonyl (C=O) groups excluding carboxylic acids is 1. The number of halogens is 2. The second-order valence-electron chi connectivity index (χ2n) is 5.68. The highest BCUT2D eigenvalue weighted by molar-refractivity contribution is 5.90. The van der Waals surface area contributed by atoms with Crippen molar-refractivity contribution in [1.29, 1.82) is 0 Å². The van der Waals surface area contributed by atoms with Gasteiger partial charge in [-0.15, -0.1) is 0 Å². The molecule has 26 heavy (non-hydrogen) atoms. The number of amides is 1. The summed E-state index contributed by atoms with van der Waals surface area (Å²) in [5.74, 6) is 4.07. The Morgan fingerprint density at radius 3 is 2.73 bits per heavy atom. The monoisotopic (exact) mass is 361 g/mol. The molecule has 2 aromatic rings. The van der Waals surface area contributed by atoms with Gasteiger partial charge in [-0.3, -0.25) is 9.88 Å². The van der Waals surface area contributed by atoms with Crippen LogP contribution in [-0.4, -0.2) is 35.3 Å². The van der Waals surface area contributed by atoms with Crippen LogP contribution in [0.5, 0.6) is 0 Å². The maximum atomic E-state index is 14.5. The van der Waals surface area contributed by atoms with Crippen molar-refractivity contribution >= 4 is 11.8 Å². The Hall–Kier alpha value is -3.20. The van der Waals surface area contributed by atoms with Crippen molar-refractivity contribution in [1.82, 2.24) is 9.99 Å². The molecule has 1 fully saturated rings. The van der Waals surface area contributed by atoms with Gasteiger partial charge in [-0.05, 0) is 18.2 Å². The Morgan fingerprint density at radius 1 is 1.38 bits per heavy atom. The van der Waals surface area contributed by atoms with Crippen LogP contribution in [0.15, 0.2) is 49.1 Å². The Balaban J connectivity index is 1.83. The number of hydrogen-bond donors (Lipinski definition) is 2. The number of benzene rings is 1. The Bertz CT molecular complexity index is 808. The van der Waals surface area contributed by atoms with Crippen LogP contribution in [0.3, 0.4) is 0 Å². The summed E-state index contributed by atoms with van der Waals surface area (Å²) in [4.78, 5) is 17.1. The molecule has 1 aliphatic heterocycles. The van der Waals surface area contributed by atoms with E-state index in [-0.39, 0.29) is 24.3 Å². The van der Waals surface area contributed by atoms with E-state index in [0.717, 1.165) is 17.0 Å². The van der Waals surface area contributed by atoms with Crippen LogP contribution in [0.2, 0.25) is 0 Å². The highest BCUT2D eigenvalue weighted by Crippen LogP contribution is 2.31. The van der Waals surface area contributed by atoms with Gasteiger partial charge in [0, 0.05) is 30.4 Å². The van der Waals surface area contributed by atoms with Crippen molar-refractivity contribution in [3.63, 3.8) is 0 Å². The average Bonchev–Trinajstić information content (AvgIpc) is 2.95. The number of rotatable bonds is 5. The van der Waals surface area contributed by atoms with E-state index < -0.39 is 23.8 Å². The molecule has 0 spiro atoms. The maximum absolute atomic E-state index is 14.5. The van der Waals surface area contributed by atoms with E-state index >= 15 is 0 Å². The smallest absolute Gasteiger partial charge is 0.414 e. The van der Waals surface area contributed by atoms with Crippen molar-refractivity contribution < 1.29 is 18.3 Å². The average molecular weight is 361 g/mol. The molecule has 2 heterocycles. The fourth-order valence-corrected chi connectivity index (χ4v) is 2.74. The van der Waals surface area contributed by atoms with Crippen LogP contribution >= 0.6 is 0 Å². The fourth-order valence-electron chi connectivity index (χ4n) is 2.74. The van der Waals surface area contributed by atoms with E-state index in [2.05, 4.69) is 4.98 Å². The maximum Gasteiger partial charge on any atom is 0.414 e. The molecule has 1 amide bonds. The van der Waals surface area contributed by atoms with E-state index in [9.17, 15) is 13.6 Å². The van der Waals surface area contributed by atoms with Crippen molar-refractivity contribution in [2.24, 2.45) is 11.6 Å². The van der Waals surface area contributed by atoms with Gasteiger partial charge in [0.1, 0.15) is 17.7 Å². The third-order valence-electron chi connectivity index (χ3n) is 3.85. The molecule has 1 aromatic heterocycles. The lowest BCUT2D eigenvalue weighted by Crippen LogP contribution is -2.36. The first-order valence-corrected chi connectivity index (χ1v) is 7.77. The molecule has 1 saturated heterocycles. The number of hydrogen-bond acceptors (Lipinski definition) is 6. The normalized spacial score (nSPS) is 17.0. The molecule has 0 saturated carbocycles. The van der Waals surface area contributed by atoms with Crippen LogP contribution in [0.4, 0.5) is 19.3 Å². The SMILES string of the molecule is N/C=C\N(N)CC1CN(c2cc(F)c(-c3cccnc3)c(F)c2)C(=O)O1. The third kappa shape index (κ3) is 3.57. The molecule has 0 aliphatic carbocycles. The number of nitrogens with two attached hydrogens (primary N) is 2. The van der Waals surface area contributed by atoms with Gasteiger partial charge in [-0.2, -0.15) is 0 Å². The van der Waals surface area contributed by atoms with Crippen LogP contribution in [-0.2, 0) is 4.74 Å². The molecule has 0 bridgehead atoms. The molecule has 1 aromatic carbocycles. The largest absolute Gasteiger partial charge is 0.442 e. The standard InChI is InChI=1S/C17H17F2N5O2/c18-14-6-12(7-15(19)16(14)11-2-1-4-22-8-11)24-10-13(26-17(24)25)9-23(21)5-3-20/h1-8,13H,9-10,20-21H2/b5-3-. The Morgan fingerprint density at radius 2 is 2.12 bits per heavy atom. The lowest BCUT2D eigenvalue weighted by atomic mass is 10.1. The minimum absolute atomic E-state index is 0.0677. The highest BCUT2D eigenvalue weighted by atomic mass is 19.1. The summed E-state index contributed by atoms with van der Waals surface area (Å²) in [6, 6.07) is 5.32. The van der Waals surface area contributed by atoms with Crippen molar-refractivity contribution in [3.8, 4) is 11.1 Å².